The van der Waals surface area contributed by atoms with Gasteiger partial charge in [0.25, 0.3) is 5.89 Å². The van der Waals surface area contributed by atoms with Crippen LogP contribution in [-0.4, -0.2) is 39.3 Å². The summed E-state index contributed by atoms with van der Waals surface area (Å²) in [6.45, 7) is 2.12. The van der Waals surface area contributed by atoms with E-state index in [2.05, 4.69) is 31.0 Å². The monoisotopic (exact) mass is 357 g/mol. The van der Waals surface area contributed by atoms with E-state index < -0.39 is 5.97 Å². The molecule has 1 saturated heterocycles. The van der Waals surface area contributed by atoms with Crippen LogP contribution in [0.1, 0.15) is 12.3 Å². The van der Waals surface area contributed by atoms with Gasteiger partial charge in [0, 0.05) is 13.1 Å². The zero-order chi connectivity index (χ0) is 14.1. The third-order valence-electron chi connectivity index (χ3n) is 3.11. The molecule has 0 atom stereocenters. The molecule has 3 heterocycles. The number of likely N-dealkylation sites (tertiary alicyclic amines) is 1. The molecule has 1 aliphatic heterocycles. The maximum atomic E-state index is 10.6. The van der Waals surface area contributed by atoms with Gasteiger partial charge in [-0.1, -0.05) is 0 Å². The zero-order valence-electron chi connectivity index (χ0n) is 10.5. The number of hydrogen-bond acceptors (Lipinski definition) is 6. The Bertz CT molecular complexity index is 621. The lowest BCUT2D eigenvalue weighted by Gasteiger charge is -2.37. The highest BCUT2D eigenvalue weighted by molar-refractivity contribution is 9.11. The van der Waals surface area contributed by atoms with Crippen molar-refractivity contribution >= 4 is 33.2 Å². The van der Waals surface area contributed by atoms with E-state index in [0.717, 1.165) is 21.8 Å². The molecule has 2 aromatic heterocycles. The molecule has 1 aliphatic rings. The van der Waals surface area contributed by atoms with Crippen LogP contribution in [0.25, 0.3) is 10.8 Å². The van der Waals surface area contributed by atoms with E-state index in [-0.39, 0.29) is 12.3 Å². The van der Waals surface area contributed by atoms with Crippen molar-refractivity contribution in [2.45, 2.75) is 13.0 Å². The number of thiophene rings is 1. The lowest BCUT2D eigenvalue weighted by atomic mass is 9.97. The quantitative estimate of drug-likeness (QED) is 0.885. The first-order valence-electron chi connectivity index (χ1n) is 6.12. The van der Waals surface area contributed by atoms with Crippen LogP contribution in [0, 0.1) is 5.92 Å². The van der Waals surface area contributed by atoms with E-state index in [1.54, 1.807) is 11.3 Å². The maximum absolute atomic E-state index is 10.6. The highest BCUT2D eigenvalue weighted by Crippen LogP contribution is 2.30. The van der Waals surface area contributed by atoms with Crippen LogP contribution >= 0.6 is 27.3 Å². The normalized spacial score (nSPS) is 16.2. The molecule has 20 heavy (non-hydrogen) atoms. The predicted octanol–water partition coefficient (Wildman–Crippen LogP) is 2.47. The molecule has 0 spiro atoms. The van der Waals surface area contributed by atoms with Crippen LogP contribution in [0.15, 0.2) is 20.3 Å². The van der Waals surface area contributed by atoms with Crippen molar-refractivity contribution in [1.29, 1.82) is 0 Å². The Kier molecular flexibility index (Phi) is 3.86. The Balaban J connectivity index is 1.55. The molecule has 0 aromatic carbocycles. The summed E-state index contributed by atoms with van der Waals surface area (Å²) in [6, 6.07) is 3.87. The molecule has 0 bridgehead atoms. The lowest BCUT2D eigenvalue weighted by molar-refractivity contribution is -0.139. The highest BCUT2D eigenvalue weighted by atomic mass is 79.9. The van der Waals surface area contributed by atoms with Gasteiger partial charge in [-0.3, -0.25) is 9.69 Å². The van der Waals surface area contributed by atoms with Crippen molar-refractivity contribution in [2.75, 3.05) is 13.1 Å². The molecule has 0 radical (unpaired) electrons. The number of hydrogen-bond donors (Lipinski definition) is 1. The second kappa shape index (κ2) is 5.63. The average Bonchev–Trinajstić information content (AvgIpc) is 2.94. The second-order valence-electron chi connectivity index (χ2n) is 4.76. The van der Waals surface area contributed by atoms with E-state index in [1.165, 1.54) is 0 Å². The summed E-state index contributed by atoms with van der Waals surface area (Å²) in [5.41, 5.74) is 0. The summed E-state index contributed by atoms with van der Waals surface area (Å²) >= 11 is 4.94. The number of aromatic nitrogens is 2. The summed E-state index contributed by atoms with van der Waals surface area (Å²) in [5.74, 6) is 0.595. The van der Waals surface area contributed by atoms with Crippen molar-refractivity contribution in [1.82, 2.24) is 15.1 Å². The predicted molar refractivity (Wildman–Crippen MR) is 76.3 cm³/mol. The fraction of sp³-hybridized carbons (Fsp3) is 0.417. The topological polar surface area (TPSA) is 79.5 Å². The number of carbonyl (C=O) groups is 1. The van der Waals surface area contributed by atoms with Crippen LogP contribution in [0.5, 0.6) is 0 Å². The van der Waals surface area contributed by atoms with Crippen LogP contribution < -0.4 is 0 Å². The zero-order valence-corrected chi connectivity index (χ0v) is 12.9. The number of carboxylic acids is 1. The smallest absolute Gasteiger partial charge is 0.303 e. The molecule has 1 fully saturated rings. The minimum absolute atomic E-state index is 0.231. The fourth-order valence-electron chi connectivity index (χ4n) is 2.22. The van der Waals surface area contributed by atoms with Crippen molar-refractivity contribution < 1.29 is 14.3 Å². The Hall–Kier alpha value is -1.25. The first-order valence-corrected chi connectivity index (χ1v) is 7.73. The molecule has 0 saturated carbocycles. The van der Waals surface area contributed by atoms with Crippen LogP contribution in [0.2, 0.25) is 0 Å². The molecule has 0 aliphatic carbocycles. The van der Waals surface area contributed by atoms with E-state index in [4.69, 9.17) is 9.52 Å². The Morgan fingerprint density at radius 3 is 2.95 bits per heavy atom. The molecule has 0 amide bonds. The van der Waals surface area contributed by atoms with Gasteiger partial charge in [-0.15, -0.1) is 21.5 Å². The molecular formula is C12H12BrN3O3S. The van der Waals surface area contributed by atoms with Gasteiger partial charge in [0.15, 0.2) is 0 Å². The number of halogens is 1. The second-order valence-corrected chi connectivity index (χ2v) is 7.23. The highest BCUT2D eigenvalue weighted by Gasteiger charge is 2.29. The first kappa shape index (κ1) is 13.7. The van der Waals surface area contributed by atoms with Gasteiger partial charge in [0.2, 0.25) is 5.89 Å². The largest absolute Gasteiger partial charge is 0.481 e. The van der Waals surface area contributed by atoms with Crippen LogP contribution in [-0.2, 0) is 11.3 Å². The minimum Gasteiger partial charge on any atom is -0.481 e. The lowest BCUT2D eigenvalue weighted by Crippen LogP contribution is -2.46. The van der Waals surface area contributed by atoms with E-state index in [1.807, 2.05) is 12.1 Å². The van der Waals surface area contributed by atoms with Gasteiger partial charge in [0.05, 0.1) is 21.6 Å². The molecule has 8 heteroatoms. The molecule has 2 aromatic rings. The van der Waals surface area contributed by atoms with Crippen LogP contribution in [0.4, 0.5) is 0 Å². The molecule has 0 unspecified atom stereocenters. The number of nitrogens with zero attached hydrogens (tertiary/aromatic N) is 3. The molecule has 106 valence electrons. The van der Waals surface area contributed by atoms with Gasteiger partial charge in [-0.25, -0.2) is 0 Å². The third-order valence-corrected chi connectivity index (χ3v) is 4.72. The van der Waals surface area contributed by atoms with Crippen molar-refractivity contribution in [3.05, 3.63) is 21.8 Å². The van der Waals surface area contributed by atoms with Crippen molar-refractivity contribution in [3.8, 4) is 10.8 Å². The maximum Gasteiger partial charge on any atom is 0.303 e. The van der Waals surface area contributed by atoms with E-state index in [0.29, 0.717) is 18.3 Å². The Morgan fingerprint density at radius 1 is 1.50 bits per heavy atom. The molecular weight excluding hydrogens is 346 g/mol. The summed E-state index contributed by atoms with van der Waals surface area (Å²) in [6.07, 6.45) is 0.231. The SMILES string of the molecule is O=C(O)CC1CN(Cc2nnc(-c3ccc(Br)s3)o2)C1. The third kappa shape index (κ3) is 3.08. The number of carboxylic acid groups (broad SMARTS) is 1. The van der Waals surface area contributed by atoms with Gasteiger partial charge in [-0.2, -0.15) is 0 Å². The van der Waals surface area contributed by atoms with Crippen LogP contribution in [0.3, 0.4) is 0 Å². The van der Waals surface area contributed by atoms with Crippen molar-refractivity contribution in [3.63, 3.8) is 0 Å². The standard InChI is InChI=1S/C12H12BrN3O3S/c13-9-2-1-8(20-9)12-15-14-10(19-12)6-16-4-7(5-16)3-11(17)18/h1-2,7H,3-6H2,(H,17,18). The molecule has 6 nitrogen and oxygen atoms in total. The first-order chi connectivity index (χ1) is 9.60. The van der Waals surface area contributed by atoms with E-state index in [9.17, 15) is 4.79 Å². The average molecular weight is 358 g/mol. The summed E-state index contributed by atoms with van der Waals surface area (Å²) in [5, 5.41) is 16.8. The number of rotatable bonds is 5. The van der Waals surface area contributed by atoms with Crippen molar-refractivity contribution in [2.24, 2.45) is 5.92 Å². The molecule has 3 rings (SSSR count). The van der Waals surface area contributed by atoms with Gasteiger partial charge < -0.3 is 9.52 Å². The minimum atomic E-state index is -0.738. The summed E-state index contributed by atoms with van der Waals surface area (Å²) in [4.78, 5) is 13.6. The van der Waals surface area contributed by atoms with E-state index >= 15 is 0 Å². The molecule has 1 N–H and O–H groups in total. The Labute approximate surface area is 127 Å². The van der Waals surface area contributed by atoms with Gasteiger partial charge in [-0.05, 0) is 34.0 Å². The van der Waals surface area contributed by atoms with Gasteiger partial charge in [0.1, 0.15) is 0 Å². The number of aliphatic carboxylic acids is 1. The Morgan fingerprint density at radius 2 is 2.30 bits per heavy atom. The summed E-state index contributed by atoms with van der Waals surface area (Å²) in [7, 11) is 0. The van der Waals surface area contributed by atoms with Gasteiger partial charge >= 0.3 is 5.97 Å². The summed E-state index contributed by atoms with van der Waals surface area (Å²) < 4.78 is 6.64. The fourth-order valence-corrected chi connectivity index (χ4v) is 3.53.